The first-order chi connectivity index (χ1) is 13.1. The molecule has 0 aliphatic carbocycles. The predicted molar refractivity (Wildman–Crippen MR) is 107 cm³/mol. The number of carbonyl (C=O) groups is 1. The number of unbranched alkanes of at least 4 members (excludes halogenated alkanes) is 1. The number of aromatic amines is 1. The molecule has 2 N–H and O–H groups in total. The van der Waals surface area contributed by atoms with Crippen molar-refractivity contribution in [3.8, 4) is 0 Å². The molecule has 0 aliphatic rings. The maximum Gasteiger partial charge on any atom is 0.251 e. The fourth-order valence-corrected chi connectivity index (χ4v) is 2.94. The van der Waals surface area contributed by atoms with Gasteiger partial charge < -0.3 is 15.2 Å². The van der Waals surface area contributed by atoms with Crippen LogP contribution in [0.5, 0.6) is 0 Å². The van der Waals surface area contributed by atoms with Crippen molar-refractivity contribution in [2.45, 2.75) is 26.2 Å². The summed E-state index contributed by atoms with van der Waals surface area (Å²) in [4.78, 5) is 22.0. The molecule has 0 saturated carbocycles. The number of nitrogens with one attached hydrogen (secondary N) is 2. The summed E-state index contributed by atoms with van der Waals surface area (Å²) in [5, 5.41) is 2.90. The summed E-state index contributed by atoms with van der Waals surface area (Å²) in [6.45, 7) is 3.63. The Hall–Kier alpha value is -2.89. The van der Waals surface area contributed by atoms with Gasteiger partial charge in [0.15, 0.2) is 0 Å². The van der Waals surface area contributed by atoms with Crippen LogP contribution >= 0.6 is 0 Å². The van der Waals surface area contributed by atoms with Crippen LogP contribution in [0.3, 0.4) is 0 Å². The van der Waals surface area contributed by atoms with Gasteiger partial charge in [0.1, 0.15) is 11.6 Å². The maximum absolute atomic E-state index is 13.2. The van der Waals surface area contributed by atoms with Crippen LogP contribution < -0.4 is 10.2 Å². The summed E-state index contributed by atoms with van der Waals surface area (Å²) in [5.41, 5.74) is 3.13. The number of halogens is 1. The number of amides is 1. The molecule has 0 unspecified atom stereocenters. The molecule has 0 spiro atoms. The first kappa shape index (κ1) is 18.9. The number of hydrogen-bond donors (Lipinski definition) is 2. The lowest BCUT2D eigenvalue weighted by Gasteiger charge is -2.19. The molecule has 0 atom stereocenters. The zero-order valence-electron chi connectivity index (χ0n) is 15.8. The molecular weight excluding hydrogens is 343 g/mol. The second-order valence-corrected chi connectivity index (χ2v) is 6.67. The number of nitrogens with zero attached hydrogens (tertiary/aromatic N) is 2. The third-order valence-corrected chi connectivity index (χ3v) is 4.56. The predicted octanol–water partition coefficient (Wildman–Crippen LogP) is 3.91. The number of fused-ring (bicyclic) bond motifs is 1. The van der Waals surface area contributed by atoms with Gasteiger partial charge in [0.25, 0.3) is 5.91 Å². The molecule has 6 heteroatoms. The third-order valence-electron chi connectivity index (χ3n) is 4.56. The van der Waals surface area contributed by atoms with Crippen LogP contribution in [0, 0.1) is 5.82 Å². The number of hydrogen-bond acceptors (Lipinski definition) is 3. The van der Waals surface area contributed by atoms with E-state index < -0.39 is 0 Å². The van der Waals surface area contributed by atoms with Gasteiger partial charge in [-0.15, -0.1) is 0 Å². The quantitative estimate of drug-likeness (QED) is 0.634. The minimum absolute atomic E-state index is 0.111. The van der Waals surface area contributed by atoms with Crippen molar-refractivity contribution in [2.75, 3.05) is 25.0 Å². The Balaban J connectivity index is 1.52. The number of rotatable bonds is 8. The highest BCUT2D eigenvalue weighted by Gasteiger charge is 2.08. The van der Waals surface area contributed by atoms with Crippen LogP contribution in [0.25, 0.3) is 11.0 Å². The average Bonchev–Trinajstić information content (AvgIpc) is 3.07. The summed E-state index contributed by atoms with van der Waals surface area (Å²) in [6.07, 6.45) is 2.86. The van der Waals surface area contributed by atoms with Crippen LogP contribution in [0.1, 0.15) is 35.9 Å². The molecule has 1 aromatic heterocycles. The van der Waals surface area contributed by atoms with Crippen molar-refractivity contribution in [3.05, 3.63) is 59.7 Å². The van der Waals surface area contributed by atoms with E-state index >= 15 is 0 Å². The number of imidazole rings is 1. The Kier molecular flexibility index (Phi) is 6.06. The number of benzene rings is 2. The molecule has 3 rings (SSSR count). The van der Waals surface area contributed by atoms with E-state index in [9.17, 15) is 9.18 Å². The van der Waals surface area contributed by atoms with E-state index in [2.05, 4.69) is 34.2 Å². The van der Waals surface area contributed by atoms with Crippen LogP contribution in [0.4, 0.5) is 10.1 Å². The van der Waals surface area contributed by atoms with E-state index in [0.29, 0.717) is 24.0 Å². The molecule has 0 saturated heterocycles. The molecular formula is C21H25FN4O. The summed E-state index contributed by atoms with van der Waals surface area (Å²) >= 11 is 0. The Morgan fingerprint density at radius 3 is 2.74 bits per heavy atom. The van der Waals surface area contributed by atoms with Gasteiger partial charge in [-0.3, -0.25) is 4.79 Å². The summed E-state index contributed by atoms with van der Waals surface area (Å²) in [7, 11) is 2.06. The Morgan fingerprint density at radius 2 is 2.00 bits per heavy atom. The van der Waals surface area contributed by atoms with Gasteiger partial charge in [-0.1, -0.05) is 13.3 Å². The van der Waals surface area contributed by atoms with Gasteiger partial charge in [-0.25, -0.2) is 9.37 Å². The van der Waals surface area contributed by atoms with Gasteiger partial charge in [-0.05, 0) is 48.9 Å². The minimum atomic E-state index is -0.296. The van der Waals surface area contributed by atoms with Crippen molar-refractivity contribution in [2.24, 2.45) is 0 Å². The topological polar surface area (TPSA) is 61.0 Å². The number of carbonyl (C=O) groups excluding carboxylic acids is 1. The zero-order chi connectivity index (χ0) is 19.2. The first-order valence-electron chi connectivity index (χ1n) is 9.30. The van der Waals surface area contributed by atoms with Crippen molar-refractivity contribution < 1.29 is 9.18 Å². The number of H-pyrrole nitrogens is 1. The number of anilines is 1. The highest BCUT2D eigenvalue weighted by atomic mass is 19.1. The maximum atomic E-state index is 13.2. The Morgan fingerprint density at radius 1 is 1.22 bits per heavy atom. The van der Waals surface area contributed by atoms with E-state index in [1.165, 1.54) is 12.1 Å². The molecule has 3 aromatic rings. The normalized spacial score (nSPS) is 10.9. The van der Waals surface area contributed by atoms with Gasteiger partial charge in [0, 0.05) is 37.8 Å². The highest BCUT2D eigenvalue weighted by Crippen LogP contribution is 2.15. The van der Waals surface area contributed by atoms with Crippen molar-refractivity contribution in [1.82, 2.24) is 15.3 Å². The van der Waals surface area contributed by atoms with E-state index in [0.717, 1.165) is 36.4 Å². The standard InChI is InChI=1S/C21H25FN4O/c1-3-4-13-26(2)17-8-5-15(6-9-17)21(27)23-12-11-20-24-18-10-7-16(22)14-19(18)25-20/h5-10,14H,3-4,11-13H2,1-2H3,(H,23,27)(H,24,25). The molecule has 0 fully saturated rings. The molecule has 0 bridgehead atoms. The second kappa shape index (κ2) is 8.66. The SMILES string of the molecule is CCCCN(C)c1ccc(C(=O)NCCc2nc3ccc(F)cc3[nH]2)cc1. The molecule has 1 heterocycles. The third kappa shape index (κ3) is 4.84. The average molecular weight is 368 g/mol. The Bertz CT molecular complexity index is 904. The van der Waals surface area contributed by atoms with Crippen LogP contribution in [-0.2, 0) is 6.42 Å². The molecule has 142 valence electrons. The Labute approximate surface area is 158 Å². The summed E-state index contributed by atoms with van der Waals surface area (Å²) in [5.74, 6) is 0.318. The summed E-state index contributed by atoms with van der Waals surface area (Å²) < 4.78 is 13.2. The van der Waals surface area contributed by atoms with Crippen molar-refractivity contribution in [1.29, 1.82) is 0 Å². The molecule has 0 aliphatic heterocycles. The van der Waals surface area contributed by atoms with Crippen LogP contribution in [-0.4, -0.2) is 36.0 Å². The lowest BCUT2D eigenvalue weighted by molar-refractivity contribution is 0.0954. The largest absolute Gasteiger partial charge is 0.375 e. The van der Waals surface area contributed by atoms with Crippen molar-refractivity contribution in [3.63, 3.8) is 0 Å². The minimum Gasteiger partial charge on any atom is -0.375 e. The van der Waals surface area contributed by atoms with Crippen LogP contribution in [0.2, 0.25) is 0 Å². The fourth-order valence-electron chi connectivity index (χ4n) is 2.94. The zero-order valence-corrected chi connectivity index (χ0v) is 15.8. The summed E-state index contributed by atoms with van der Waals surface area (Å²) in [6, 6.07) is 12.1. The van der Waals surface area contributed by atoms with Gasteiger partial charge in [0.05, 0.1) is 11.0 Å². The van der Waals surface area contributed by atoms with E-state index in [1.807, 2.05) is 24.3 Å². The second-order valence-electron chi connectivity index (χ2n) is 6.67. The molecule has 27 heavy (non-hydrogen) atoms. The van der Waals surface area contributed by atoms with Gasteiger partial charge in [0.2, 0.25) is 0 Å². The van der Waals surface area contributed by atoms with Gasteiger partial charge in [-0.2, -0.15) is 0 Å². The molecule has 0 radical (unpaired) electrons. The highest BCUT2D eigenvalue weighted by molar-refractivity contribution is 5.94. The number of aromatic nitrogens is 2. The molecule has 1 amide bonds. The lowest BCUT2D eigenvalue weighted by Crippen LogP contribution is -2.26. The monoisotopic (exact) mass is 368 g/mol. The lowest BCUT2D eigenvalue weighted by atomic mass is 10.1. The smallest absolute Gasteiger partial charge is 0.251 e. The van der Waals surface area contributed by atoms with E-state index in [4.69, 9.17) is 0 Å². The van der Waals surface area contributed by atoms with Crippen LogP contribution in [0.15, 0.2) is 42.5 Å². The van der Waals surface area contributed by atoms with E-state index in [1.54, 1.807) is 6.07 Å². The fraction of sp³-hybridized carbons (Fsp3) is 0.333. The molecule has 5 nitrogen and oxygen atoms in total. The first-order valence-corrected chi connectivity index (χ1v) is 9.30. The van der Waals surface area contributed by atoms with E-state index in [-0.39, 0.29) is 11.7 Å². The van der Waals surface area contributed by atoms with Crippen molar-refractivity contribution >= 4 is 22.6 Å². The molecule has 2 aromatic carbocycles. The van der Waals surface area contributed by atoms with Gasteiger partial charge >= 0.3 is 0 Å².